The number of unbranched alkanes of at least 4 members (excludes halogenated alkanes) is 13. The van der Waals surface area contributed by atoms with Gasteiger partial charge in [-0.25, -0.2) is 4.79 Å². The Morgan fingerprint density at radius 3 is 2.00 bits per heavy atom. The number of carbonyl (C=O) groups is 1. The van der Waals surface area contributed by atoms with Crippen LogP contribution in [0.25, 0.3) is 0 Å². The number of anilines is 1. The molecule has 0 aliphatic carbocycles. The summed E-state index contributed by atoms with van der Waals surface area (Å²) in [7, 11) is 1.44. The zero-order valence-corrected chi connectivity index (χ0v) is 18.9. The van der Waals surface area contributed by atoms with Crippen molar-refractivity contribution in [1.29, 1.82) is 0 Å². The second kappa shape index (κ2) is 14.5. The maximum atomic E-state index is 11.8. The van der Waals surface area contributed by atoms with Gasteiger partial charge in [0.15, 0.2) is 0 Å². The van der Waals surface area contributed by atoms with Gasteiger partial charge in [0.1, 0.15) is 0 Å². The molecule has 0 saturated carbocycles. The summed E-state index contributed by atoms with van der Waals surface area (Å²) in [5.74, 6) is 0.293. The van der Waals surface area contributed by atoms with Crippen molar-refractivity contribution < 1.29 is 9.53 Å². The van der Waals surface area contributed by atoms with Crippen LogP contribution in [0.3, 0.4) is 0 Å². The molecule has 1 aromatic rings. The van der Waals surface area contributed by atoms with Crippen LogP contribution >= 0.6 is 0 Å². The highest BCUT2D eigenvalue weighted by molar-refractivity contribution is 5.90. The highest BCUT2D eigenvalue weighted by Gasteiger charge is 2.23. The van der Waals surface area contributed by atoms with Crippen LogP contribution in [0.1, 0.15) is 125 Å². The average Bonchev–Trinajstić information content (AvgIpc) is 3.15. The summed E-state index contributed by atoms with van der Waals surface area (Å²) >= 11 is 0. The summed E-state index contributed by atoms with van der Waals surface area (Å²) in [5.41, 5.74) is 3.15. The predicted octanol–water partition coefficient (Wildman–Crippen LogP) is 7.85. The monoisotopic (exact) mass is 401 g/mol. The number of hydrogen-bond donors (Lipinski definition) is 1. The summed E-state index contributed by atoms with van der Waals surface area (Å²) in [5, 5.41) is 3.48. The molecule has 0 aromatic heterocycles. The lowest BCUT2D eigenvalue weighted by molar-refractivity contribution is 0.0600. The highest BCUT2D eigenvalue weighted by atomic mass is 16.5. The Kier molecular flexibility index (Phi) is 11.9. The first kappa shape index (κ1) is 23.8. The van der Waals surface area contributed by atoms with E-state index in [0.29, 0.717) is 11.5 Å². The van der Waals surface area contributed by atoms with Crippen LogP contribution in [0.4, 0.5) is 5.69 Å². The van der Waals surface area contributed by atoms with Crippen molar-refractivity contribution in [3.8, 4) is 0 Å². The number of nitrogens with one attached hydrogen (secondary N) is 1. The molecule has 1 N–H and O–H groups in total. The van der Waals surface area contributed by atoms with Crippen molar-refractivity contribution >= 4 is 11.7 Å². The number of esters is 1. The quantitative estimate of drug-likeness (QED) is 0.226. The third-order valence-corrected chi connectivity index (χ3v) is 6.36. The number of carbonyl (C=O) groups excluding carboxylic acids is 1. The van der Waals surface area contributed by atoms with Gasteiger partial charge < -0.3 is 10.1 Å². The lowest BCUT2D eigenvalue weighted by atomic mass is 9.93. The molecule has 1 aliphatic heterocycles. The topological polar surface area (TPSA) is 38.3 Å². The fourth-order valence-electron chi connectivity index (χ4n) is 4.49. The predicted molar refractivity (Wildman–Crippen MR) is 124 cm³/mol. The minimum Gasteiger partial charge on any atom is -0.465 e. The molecule has 0 spiro atoms. The highest BCUT2D eigenvalue weighted by Crippen LogP contribution is 2.35. The molecule has 3 heteroatoms. The Morgan fingerprint density at radius 2 is 1.45 bits per heavy atom. The van der Waals surface area contributed by atoms with E-state index in [9.17, 15) is 4.79 Å². The SMILES string of the molecule is CCCCCCCCCCCCCCCCC1CNc2ccc(C(=O)OC)cc21. The fourth-order valence-corrected chi connectivity index (χ4v) is 4.49. The van der Waals surface area contributed by atoms with Crippen molar-refractivity contribution in [1.82, 2.24) is 0 Å². The first-order valence-corrected chi connectivity index (χ1v) is 12.2. The maximum absolute atomic E-state index is 11.8. The third-order valence-electron chi connectivity index (χ3n) is 6.36. The third kappa shape index (κ3) is 8.80. The van der Waals surface area contributed by atoms with E-state index >= 15 is 0 Å². The lowest BCUT2D eigenvalue weighted by Crippen LogP contribution is -2.03. The van der Waals surface area contributed by atoms with Gasteiger partial charge in [-0.3, -0.25) is 0 Å². The lowest BCUT2D eigenvalue weighted by Gasteiger charge is -2.11. The molecule has 0 fully saturated rings. The van der Waals surface area contributed by atoms with Gasteiger partial charge in [-0.2, -0.15) is 0 Å². The summed E-state index contributed by atoms with van der Waals surface area (Å²) in [6.07, 6.45) is 20.8. The first-order valence-electron chi connectivity index (χ1n) is 12.2. The van der Waals surface area contributed by atoms with Crippen LogP contribution in [0.15, 0.2) is 18.2 Å². The summed E-state index contributed by atoms with van der Waals surface area (Å²) < 4.78 is 4.86. The minimum absolute atomic E-state index is 0.241. The van der Waals surface area contributed by atoms with E-state index in [1.807, 2.05) is 18.2 Å². The van der Waals surface area contributed by atoms with Crippen LogP contribution in [0.5, 0.6) is 0 Å². The number of ether oxygens (including phenoxy) is 1. The number of methoxy groups -OCH3 is 1. The molecular weight excluding hydrogens is 358 g/mol. The molecule has 2 rings (SSSR count). The smallest absolute Gasteiger partial charge is 0.337 e. The molecule has 0 saturated heterocycles. The Labute approximate surface area is 179 Å². The number of fused-ring (bicyclic) bond motifs is 1. The summed E-state index contributed by atoms with van der Waals surface area (Å²) in [4.78, 5) is 11.8. The van der Waals surface area contributed by atoms with E-state index in [2.05, 4.69) is 12.2 Å². The van der Waals surface area contributed by atoms with E-state index in [0.717, 1.165) is 6.54 Å². The molecule has 1 unspecified atom stereocenters. The molecule has 1 heterocycles. The second-order valence-electron chi connectivity index (χ2n) is 8.76. The van der Waals surface area contributed by atoms with Gasteiger partial charge in [0.2, 0.25) is 0 Å². The van der Waals surface area contributed by atoms with Gasteiger partial charge in [0.05, 0.1) is 12.7 Å². The van der Waals surface area contributed by atoms with Crippen LogP contribution in [0.2, 0.25) is 0 Å². The van der Waals surface area contributed by atoms with Gasteiger partial charge in [-0.1, -0.05) is 96.8 Å². The molecule has 164 valence electrons. The van der Waals surface area contributed by atoms with Crippen LogP contribution in [-0.2, 0) is 4.74 Å². The van der Waals surface area contributed by atoms with Crippen molar-refractivity contribution in [2.24, 2.45) is 0 Å². The average molecular weight is 402 g/mol. The molecule has 0 amide bonds. The minimum atomic E-state index is -0.241. The zero-order valence-electron chi connectivity index (χ0n) is 18.9. The molecule has 29 heavy (non-hydrogen) atoms. The first-order chi connectivity index (χ1) is 14.3. The van der Waals surface area contributed by atoms with Gasteiger partial charge in [-0.15, -0.1) is 0 Å². The second-order valence-corrected chi connectivity index (χ2v) is 8.76. The van der Waals surface area contributed by atoms with E-state index in [-0.39, 0.29) is 5.97 Å². The van der Waals surface area contributed by atoms with Crippen LogP contribution in [0, 0.1) is 0 Å². The van der Waals surface area contributed by atoms with Crippen LogP contribution < -0.4 is 5.32 Å². The Bertz CT molecular complexity index is 584. The standard InChI is InChI=1S/C26H43NO2/c1-3-4-5-6-7-8-9-10-11-12-13-14-15-16-17-23-21-27-25-19-18-22(20-24(23)25)26(28)29-2/h18-20,23,27H,3-17,21H2,1-2H3. The van der Waals surface area contributed by atoms with Gasteiger partial charge in [-0.05, 0) is 30.2 Å². The van der Waals surface area contributed by atoms with E-state index < -0.39 is 0 Å². The van der Waals surface area contributed by atoms with Crippen molar-refractivity contribution in [3.63, 3.8) is 0 Å². The van der Waals surface area contributed by atoms with Gasteiger partial charge in [0, 0.05) is 18.2 Å². The fraction of sp³-hybridized carbons (Fsp3) is 0.731. The normalized spacial score (nSPS) is 15.2. The van der Waals surface area contributed by atoms with Gasteiger partial charge >= 0.3 is 5.97 Å². The van der Waals surface area contributed by atoms with Crippen molar-refractivity contribution in [2.75, 3.05) is 19.0 Å². The largest absolute Gasteiger partial charge is 0.465 e. The molecule has 0 radical (unpaired) electrons. The van der Waals surface area contributed by atoms with E-state index in [4.69, 9.17) is 4.74 Å². The Hall–Kier alpha value is -1.51. The van der Waals surface area contributed by atoms with E-state index in [1.165, 1.54) is 115 Å². The summed E-state index contributed by atoms with van der Waals surface area (Å²) in [6.45, 7) is 3.28. The van der Waals surface area contributed by atoms with Crippen molar-refractivity contribution in [2.45, 2.75) is 109 Å². The van der Waals surface area contributed by atoms with E-state index in [1.54, 1.807) is 0 Å². The molecule has 1 aromatic carbocycles. The molecule has 1 atom stereocenters. The molecule has 0 bridgehead atoms. The summed E-state index contributed by atoms with van der Waals surface area (Å²) in [6, 6.07) is 5.90. The maximum Gasteiger partial charge on any atom is 0.337 e. The zero-order chi connectivity index (χ0) is 20.7. The molecule has 1 aliphatic rings. The number of benzene rings is 1. The number of hydrogen-bond acceptors (Lipinski definition) is 3. The Morgan fingerprint density at radius 1 is 0.897 bits per heavy atom. The van der Waals surface area contributed by atoms with Crippen molar-refractivity contribution in [3.05, 3.63) is 29.3 Å². The van der Waals surface area contributed by atoms with Gasteiger partial charge in [0.25, 0.3) is 0 Å². The Balaban J connectivity index is 1.47. The van der Waals surface area contributed by atoms with Crippen LogP contribution in [-0.4, -0.2) is 19.6 Å². The number of rotatable bonds is 16. The molecule has 3 nitrogen and oxygen atoms in total. The molecular formula is C26H43NO2.